The Morgan fingerprint density at radius 1 is 1.42 bits per heavy atom. The highest BCUT2D eigenvalue weighted by Gasteiger charge is 2.28. The van der Waals surface area contributed by atoms with Crippen molar-refractivity contribution in [3.05, 3.63) is 29.8 Å². The molecular weight excluding hydrogens is 244 g/mol. The van der Waals surface area contributed by atoms with Gasteiger partial charge in [0.2, 0.25) is 5.91 Å². The molecule has 2 rings (SSSR count). The number of benzene rings is 1. The van der Waals surface area contributed by atoms with Crippen LogP contribution < -0.4 is 10.6 Å². The number of fused-ring (bicyclic) bond motifs is 1. The molecule has 5 nitrogen and oxygen atoms in total. The maximum atomic E-state index is 12.2. The third-order valence-corrected chi connectivity index (χ3v) is 3.31. The van der Waals surface area contributed by atoms with Crippen molar-refractivity contribution in [3.63, 3.8) is 0 Å². The van der Waals surface area contributed by atoms with Gasteiger partial charge in [-0.15, -0.1) is 0 Å². The summed E-state index contributed by atoms with van der Waals surface area (Å²) < 4.78 is 4.60. The van der Waals surface area contributed by atoms with Crippen LogP contribution in [0.5, 0.6) is 0 Å². The molecule has 0 bridgehead atoms. The highest BCUT2D eigenvalue weighted by molar-refractivity contribution is 5.90. The Hall–Kier alpha value is -2.04. The van der Waals surface area contributed by atoms with Gasteiger partial charge in [0.15, 0.2) is 0 Å². The molecule has 1 heterocycles. The van der Waals surface area contributed by atoms with Gasteiger partial charge in [0.05, 0.1) is 13.0 Å². The van der Waals surface area contributed by atoms with Gasteiger partial charge < -0.3 is 15.4 Å². The SMILES string of the molecule is COC(=O)C(C)NC(=O)C1CCNc2ccccc21. The molecule has 1 aliphatic heterocycles. The lowest BCUT2D eigenvalue weighted by atomic mass is 9.90. The monoisotopic (exact) mass is 262 g/mol. The summed E-state index contributed by atoms with van der Waals surface area (Å²) in [7, 11) is 1.31. The summed E-state index contributed by atoms with van der Waals surface area (Å²) in [6, 6.07) is 7.12. The van der Waals surface area contributed by atoms with Gasteiger partial charge >= 0.3 is 5.97 Å². The van der Waals surface area contributed by atoms with Crippen LogP contribution in [0.1, 0.15) is 24.8 Å². The average molecular weight is 262 g/mol. The van der Waals surface area contributed by atoms with E-state index in [1.165, 1.54) is 7.11 Å². The second-order valence-corrected chi connectivity index (χ2v) is 4.61. The predicted molar refractivity (Wildman–Crippen MR) is 71.9 cm³/mol. The fourth-order valence-corrected chi connectivity index (χ4v) is 2.29. The van der Waals surface area contributed by atoms with Gasteiger partial charge in [0.25, 0.3) is 0 Å². The number of amides is 1. The molecule has 2 N–H and O–H groups in total. The van der Waals surface area contributed by atoms with E-state index in [0.29, 0.717) is 0 Å². The maximum Gasteiger partial charge on any atom is 0.328 e. The first-order chi connectivity index (χ1) is 9.13. The lowest BCUT2D eigenvalue weighted by Gasteiger charge is -2.26. The number of methoxy groups -OCH3 is 1. The highest BCUT2D eigenvalue weighted by Crippen LogP contribution is 2.31. The van der Waals surface area contributed by atoms with E-state index in [2.05, 4.69) is 15.4 Å². The van der Waals surface area contributed by atoms with E-state index >= 15 is 0 Å². The lowest BCUT2D eigenvalue weighted by Crippen LogP contribution is -2.42. The summed E-state index contributed by atoms with van der Waals surface area (Å²) in [5.74, 6) is -0.785. The summed E-state index contributed by atoms with van der Waals surface area (Å²) in [5.41, 5.74) is 1.96. The summed E-state index contributed by atoms with van der Waals surface area (Å²) in [5, 5.41) is 5.96. The van der Waals surface area contributed by atoms with E-state index < -0.39 is 12.0 Å². The van der Waals surface area contributed by atoms with E-state index in [4.69, 9.17) is 0 Å². The van der Waals surface area contributed by atoms with Gasteiger partial charge in [0, 0.05) is 12.2 Å². The van der Waals surface area contributed by atoms with Crippen LogP contribution in [0.3, 0.4) is 0 Å². The molecule has 19 heavy (non-hydrogen) atoms. The van der Waals surface area contributed by atoms with E-state index in [1.54, 1.807) is 6.92 Å². The minimum Gasteiger partial charge on any atom is -0.467 e. The molecular formula is C14H18N2O3. The molecule has 102 valence electrons. The molecule has 5 heteroatoms. The van der Waals surface area contributed by atoms with Gasteiger partial charge in [-0.3, -0.25) is 4.79 Å². The smallest absolute Gasteiger partial charge is 0.328 e. The second kappa shape index (κ2) is 5.73. The first-order valence-corrected chi connectivity index (χ1v) is 6.34. The molecule has 1 aromatic rings. The molecule has 0 aliphatic carbocycles. The maximum absolute atomic E-state index is 12.2. The summed E-state index contributed by atoms with van der Waals surface area (Å²) >= 11 is 0. The number of esters is 1. The molecule has 2 unspecified atom stereocenters. The number of nitrogens with one attached hydrogen (secondary N) is 2. The number of anilines is 1. The van der Waals surface area contributed by atoms with Crippen LogP contribution in [0.2, 0.25) is 0 Å². The van der Waals surface area contributed by atoms with Gasteiger partial charge in [-0.1, -0.05) is 18.2 Å². The molecule has 1 amide bonds. The van der Waals surface area contributed by atoms with Crippen molar-refractivity contribution < 1.29 is 14.3 Å². The Morgan fingerprint density at radius 2 is 2.16 bits per heavy atom. The van der Waals surface area contributed by atoms with Crippen molar-refractivity contribution >= 4 is 17.6 Å². The molecule has 0 aromatic heterocycles. The number of rotatable bonds is 3. The molecule has 0 spiro atoms. The summed E-state index contributed by atoms with van der Waals surface area (Å²) in [4.78, 5) is 23.6. The van der Waals surface area contributed by atoms with E-state index in [1.807, 2.05) is 24.3 Å². The van der Waals surface area contributed by atoms with Crippen molar-refractivity contribution in [1.82, 2.24) is 5.32 Å². The Balaban J connectivity index is 2.11. The third-order valence-electron chi connectivity index (χ3n) is 3.31. The van der Waals surface area contributed by atoms with Gasteiger partial charge in [-0.25, -0.2) is 4.79 Å². The zero-order valence-electron chi connectivity index (χ0n) is 11.1. The van der Waals surface area contributed by atoms with Crippen LogP contribution in [-0.2, 0) is 14.3 Å². The van der Waals surface area contributed by atoms with Crippen LogP contribution in [0.15, 0.2) is 24.3 Å². The van der Waals surface area contributed by atoms with Gasteiger partial charge in [-0.05, 0) is 25.0 Å². The molecule has 2 atom stereocenters. The van der Waals surface area contributed by atoms with Crippen molar-refractivity contribution in [2.75, 3.05) is 19.0 Å². The first kappa shape index (κ1) is 13.4. The first-order valence-electron chi connectivity index (χ1n) is 6.34. The zero-order valence-corrected chi connectivity index (χ0v) is 11.1. The normalized spacial score (nSPS) is 18.7. The van der Waals surface area contributed by atoms with Crippen LogP contribution in [0, 0.1) is 0 Å². The molecule has 0 saturated heterocycles. The van der Waals surface area contributed by atoms with Crippen molar-refractivity contribution in [2.24, 2.45) is 0 Å². The molecule has 0 saturated carbocycles. The summed E-state index contributed by atoms with van der Waals surface area (Å²) in [6.45, 7) is 2.37. The Kier molecular flexibility index (Phi) is 4.04. The van der Waals surface area contributed by atoms with Crippen LogP contribution in [0.4, 0.5) is 5.69 Å². The quantitative estimate of drug-likeness (QED) is 0.805. The van der Waals surface area contributed by atoms with Crippen LogP contribution in [-0.4, -0.2) is 31.6 Å². The predicted octanol–water partition coefficient (Wildman–Crippen LogP) is 1.26. The minimum absolute atomic E-state index is 0.133. The molecule has 1 aliphatic rings. The van der Waals surface area contributed by atoms with E-state index in [-0.39, 0.29) is 11.8 Å². The molecule has 0 fully saturated rings. The number of hydrogen-bond donors (Lipinski definition) is 2. The van der Waals surface area contributed by atoms with Crippen molar-refractivity contribution in [1.29, 1.82) is 0 Å². The Labute approximate surface area is 112 Å². The van der Waals surface area contributed by atoms with E-state index in [9.17, 15) is 9.59 Å². The average Bonchev–Trinajstić information content (AvgIpc) is 2.45. The zero-order chi connectivity index (χ0) is 13.8. The topological polar surface area (TPSA) is 67.4 Å². The molecule has 1 aromatic carbocycles. The van der Waals surface area contributed by atoms with Crippen molar-refractivity contribution in [2.45, 2.75) is 25.3 Å². The third kappa shape index (κ3) is 2.86. The number of carbonyl (C=O) groups excluding carboxylic acids is 2. The fraction of sp³-hybridized carbons (Fsp3) is 0.429. The standard InChI is InChI=1S/C14H18N2O3/c1-9(14(18)19-2)16-13(17)11-7-8-15-12-6-4-3-5-10(11)12/h3-6,9,11,15H,7-8H2,1-2H3,(H,16,17). The Morgan fingerprint density at radius 3 is 2.89 bits per heavy atom. The fourth-order valence-electron chi connectivity index (χ4n) is 2.29. The largest absolute Gasteiger partial charge is 0.467 e. The minimum atomic E-state index is -0.625. The van der Waals surface area contributed by atoms with Crippen LogP contribution in [0.25, 0.3) is 0 Å². The second-order valence-electron chi connectivity index (χ2n) is 4.61. The summed E-state index contributed by atoms with van der Waals surface area (Å²) in [6.07, 6.45) is 0.719. The lowest BCUT2D eigenvalue weighted by molar-refractivity contribution is -0.144. The van der Waals surface area contributed by atoms with E-state index in [0.717, 1.165) is 24.2 Å². The van der Waals surface area contributed by atoms with Gasteiger partial charge in [-0.2, -0.15) is 0 Å². The number of carbonyl (C=O) groups is 2. The highest BCUT2D eigenvalue weighted by atomic mass is 16.5. The van der Waals surface area contributed by atoms with Crippen molar-refractivity contribution in [3.8, 4) is 0 Å². The van der Waals surface area contributed by atoms with Crippen LogP contribution >= 0.6 is 0 Å². The number of hydrogen-bond acceptors (Lipinski definition) is 4. The number of ether oxygens (including phenoxy) is 1. The Bertz CT molecular complexity index is 487. The number of para-hydroxylation sites is 1. The molecule has 0 radical (unpaired) electrons. The van der Waals surface area contributed by atoms with Gasteiger partial charge in [0.1, 0.15) is 6.04 Å².